The first-order chi connectivity index (χ1) is 43.3. The zero-order valence-electron chi connectivity index (χ0n) is 56.5. The molecule has 0 saturated carbocycles. The summed E-state index contributed by atoms with van der Waals surface area (Å²) in [4.78, 5) is 13.6. The molecule has 0 amide bonds. The number of nitrogens with zero attached hydrogens (tertiary/aromatic N) is 9. The number of fused-ring (bicyclic) bond motifs is 6. The minimum atomic E-state index is -4.96. The molecule has 480 valence electrons. The Balaban J connectivity index is 0.000000153. The van der Waals surface area contributed by atoms with Gasteiger partial charge in [-0.1, -0.05) is 12.2 Å². The lowest BCUT2D eigenvalue weighted by Gasteiger charge is -2.37. The Morgan fingerprint density at radius 3 is 1.05 bits per heavy atom. The lowest BCUT2D eigenvalue weighted by atomic mass is 9.70. The van der Waals surface area contributed by atoms with Gasteiger partial charge in [0.25, 0.3) is 0 Å². The van der Waals surface area contributed by atoms with Gasteiger partial charge < -0.3 is 23.9 Å². The Labute approximate surface area is 539 Å². The topological polar surface area (TPSA) is 165 Å². The van der Waals surface area contributed by atoms with Crippen LogP contribution in [0.4, 0.5) is 26.3 Å². The first-order valence-corrected chi connectivity index (χ1v) is 30.9. The molecular weight excluding hydrogens is 1180 g/mol. The maximum atomic E-state index is 15.0. The van der Waals surface area contributed by atoms with Gasteiger partial charge in [0.15, 0.2) is 0 Å². The molecule has 2 N–H and O–H groups in total. The van der Waals surface area contributed by atoms with E-state index < -0.39 is 29.0 Å². The van der Waals surface area contributed by atoms with Crippen LogP contribution in [0, 0.1) is 138 Å². The number of aryl methyl sites for hydroxylation is 9. The van der Waals surface area contributed by atoms with Gasteiger partial charge in [0.2, 0.25) is 5.60 Å². The minimum Gasteiger partial charge on any atom is -0.381 e. The summed E-state index contributed by atoms with van der Waals surface area (Å²) in [6, 6.07) is 12.0. The molecule has 12 rings (SSSR count). The third kappa shape index (κ3) is 9.92. The predicted molar refractivity (Wildman–Crippen MR) is 355 cm³/mol. The van der Waals surface area contributed by atoms with Crippen LogP contribution in [0.5, 0.6) is 0 Å². The van der Waals surface area contributed by atoms with E-state index in [9.17, 15) is 39.2 Å². The fraction of sp³-hybridized carbons (Fsp3) is 0.368. The van der Waals surface area contributed by atoms with E-state index in [1.54, 1.807) is 84.5 Å². The number of hydrogen-bond acceptors (Lipinski definition) is 8. The van der Waals surface area contributed by atoms with Gasteiger partial charge in [-0.3, -0.25) is 15.0 Å². The van der Waals surface area contributed by atoms with Crippen molar-refractivity contribution < 1.29 is 36.6 Å². The van der Waals surface area contributed by atoms with Crippen molar-refractivity contribution in [1.29, 1.82) is 15.8 Å². The summed E-state index contributed by atoms with van der Waals surface area (Å²) in [6.45, 7) is 31.2. The summed E-state index contributed by atoms with van der Waals surface area (Å²) < 4.78 is 95.2. The van der Waals surface area contributed by atoms with E-state index in [0.717, 1.165) is 72.3 Å². The Hall–Kier alpha value is -9.08. The average Bonchev–Trinajstić information content (AvgIpc) is 1.64. The highest BCUT2D eigenvalue weighted by Gasteiger charge is 2.60. The third-order valence-corrected chi connectivity index (χ3v) is 21.3. The van der Waals surface area contributed by atoms with E-state index in [2.05, 4.69) is 70.8 Å². The van der Waals surface area contributed by atoms with E-state index in [1.165, 1.54) is 24.1 Å². The molecule has 0 radical (unpaired) electrons. The molecule has 3 atom stereocenters. The normalized spacial score (nSPS) is 15.4. The maximum absolute atomic E-state index is 15.0. The minimum absolute atomic E-state index is 0.111. The zero-order valence-corrected chi connectivity index (χ0v) is 56.5. The standard InChI is InChI=1S/C26H26F3N3.C25H24F3N3O.C25H27N3O/c1-13-14(2)23(19-8-9-32(7)24(19)15(13)3)25(6,26(27,28)29)18-10-20-16(4)21(12-30)17(5)31-22(20)11-18;1-12-13(2)22(18-7-8-31(6)23(18)14(12)3)24(32,25(26,27)28)17-9-19-15(4)20(11-29)16(5)30-21(19)10-17;1-13-14(2)23(19-8-9-28(7)24(19)15(13)3)25(6,29)18-10-20-16(4)21(12-26)17(5)27-22(20)11-18/h8-10H,11H2,1-7H3;7-9,32H,10H2,1-6H3;8-10,29H,11H2,1-7H3. The van der Waals surface area contributed by atoms with Crippen molar-refractivity contribution in [2.75, 3.05) is 0 Å². The second-order valence-electron chi connectivity index (χ2n) is 26.3. The van der Waals surface area contributed by atoms with E-state index in [-0.39, 0.29) is 29.6 Å². The molecule has 3 aromatic carbocycles. The number of halogens is 6. The lowest BCUT2D eigenvalue weighted by Crippen LogP contribution is -2.45. The van der Waals surface area contributed by atoms with Gasteiger partial charge in [0.05, 0.1) is 67.4 Å². The molecule has 9 aromatic rings. The number of rotatable bonds is 6. The van der Waals surface area contributed by atoms with Crippen LogP contribution in [0.2, 0.25) is 0 Å². The predicted octanol–water partition coefficient (Wildman–Crippen LogP) is 16.7. The summed E-state index contributed by atoms with van der Waals surface area (Å²) in [7, 11) is 5.69. The van der Waals surface area contributed by atoms with Gasteiger partial charge in [-0.15, -0.1) is 0 Å². The maximum Gasteiger partial charge on any atom is 0.425 e. The summed E-state index contributed by atoms with van der Waals surface area (Å²) in [6.07, 6.45) is 1.71. The van der Waals surface area contributed by atoms with Crippen LogP contribution in [-0.4, -0.2) is 51.2 Å². The van der Waals surface area contributed by atoms with E-state index in [4.69, 9.17) is 0 Å². The van der Waals surface area contributed by atoms with E-state index in [1.807, 2.05) is 72.5 Å². The highest BCUT2D eigenvalue weighted by atomic mass is 19.4. The summed E-state index contributed by atoms with van der Waals surface area (Å²) in [5.41, 5.74) is 15.9. The molecule has 93 heavy (non-hydrogen) atoms. The van der Waals surface area contributed by atoms with E-state index >= 15 is 13.2 Å². The lowest BCUT2D eigenvalue weighted by molar-refractivity contribution is -0.249. The number of hydrogen-bond donors (Lipinski definition) is 2. The first-order valence-electron chi connectivity index (χ1n) is 30.9. The second-order valence-corrected chi connectivity index (χ2v) is 26.3. The molecule has 11 nitrogen and oxygen atoms in total. The van der Waals surface area contributed by atoms with Crippen molar-refractivity contribution in [3.8, 4) is 18.2 Å². The molecule has 0 saturated heterocycles. The van der Waals surface area contributed by atoms with Gasteiger partial charge in [-0.05, 0) is 237 Å². The van der Waals surface area contributed by atoms with E-state index in [0.29, 0.717) is 107 Å². The van der Waals surface area contributed by atoms with Crippen LogP contribution in [0.15, 0.2) is 53.5 Å². The molecule has 0 spiro atoms. The van der Waals surface area contributed by atoms with Crippen LogP contribution >= 0.6 is 0 Å². The highest BCUT2D eigenvalue weighted by Crippen LogP contribution is 2.55. The van der Waals surface area contributed by atoms with Gasteiger partial charge in [-0.25, -0.2) is 0 Å². The molecule has 3 aliphatic rings. The second kappa shape index (κ2) is 22.9. The number of alkyl halides is 6. The molecule has 0 aliphatic heterocycles. The van der Waals surface area contributed by atoms with Crippen molar-refractivity contribution >= 4 is 50.9 Å². The van der Waals surface area contributed by atoms with Crippen LogP contribution in [0.1, 0.15) is 165 Å². The largest absolute Gasteiger partial charge is 0.425 e. The number of aliphatic hydroxyl groups is 2. The van der Waals surface area contributed by atoms with Crippen molar-refractivity contribution in [1.82, 2.24) is 28.7 Å². The third-order valence-electron chi connectivity index (χ3n) is 21.3. The summed E-state index contributed by atoms with van der Waals surface area (Å²) in [5.74, 6) is 0. The Morgan fingerprint density at radius 1 is 0.398 bits per heavy atom. The van der Waals surface area contributed by atoms with Gasteiger partial charge in [0.1, 0.15) is 29.2 Å². The number of nitriles is 3. The molecule has 3 aliphatic carbocycles. The monoisotopic (exact) mass is 1260 g/mol. The number of pyridine rings is 3. The molecule has 3 unspecified atom stereocenters. The SMILES string of the molecule is Cc1nc2c(c(C)c1C#N)C=C(C(C)(O)c1c(C)c(C)c(C)c3c1ccn3C)C2.Cc1nc2c(c(C)c1C#N)C=C(C(C)(c1c(C)c(C)c(C)c3c1ccn3C)C(F)(F)F)C2.Cc1nc2c(c(C)c1C#N)C=C(C(O)(c1c(C)c(C)c(C)c3c1ccn3C)C(F)(F)F)C2. The van der Waals surface area contributed by atoms with Crippen molar-refractivity contribution in [2.45, 2.75) is 166 Å². The van der Waals surface area contributed by atoms with Crippen molar-refractivity contribution in [3.63, 3.8) is 0 Å². The van der Waals surface area contributed by atoms with Crippen LogP contribution in [0.25, 0.3) is 50.9 Å². The van der Waals surface area contributed by atoms with Crippen molar-refractivity contribution in [3.05, 3.63) is 205 Å². The fourth-order valence-corrected chi connectivity index (χ4v) is 15.4. The number of benzene rings is 3. The Bertz CT molecular complexity index is 4780. The molecule has 6 heterocycles. The number of allylic oxidation sites excluding steroid dienone is 1. The average molecular weight is 1260 g/mol. The Kier molecular flexibility index (Phi) is 16.4. The fourth-order valence-electron chi connectivity index (χ4n) is 15.4. The molecular formula is C76H77F6N9O2. The van der Waals surface area contributed by atoms with Crippen LogP contribution in [0.3, 0.4) is 0 Å². The summed E-state index contributed by atoms with van der Waals surface area (Å²) >= 11 is 0. The Morgan fingerprint density at radius 2 is 0.699 bits per heavy atom. The van der Waals surface area contributed by atoms with Crippen molar-refractivity contribution in [2.24, 2.45) is 21.1 Å². The smallest absolute Gasteiger partial charge is 0.381 e. The summed E-state index contributed by atoms with van der Waals surface area (Å²) in [5, 5.41) is 54.0. The molecule has 17 heteroatoms. The van der Waals surface area contributed by atoms with Gasteiger partial charge >= 0.3 is 12.4 Å². The zero-order chi connectivity index (χ0) is 68.7. The first kappa shape index (κ1) is 66.8. The van der Waals surface area contributed by atoms with Gasteiger partial charge in [-0.2, -0.15) is 42.1 Å². The highest BCUT2D eigenvalue weighted by molar-refractivity contribution is 5.94. The molecule has 0 bridgehead atoms. The quantitative estimate of drug-likeness (QED) is 0.155. The number of aromatic nitrogens is 6. The van der Waals surface area contributed by atoms with Gasteiger partial charge in [0, 0.05) is 97.4 Å². The molecule has 6 aromatic heterocycles. The van der Waals surface area contributed by atoms with Crippen LogP contribution < -0.4 is 0 Å². The van der Waals surface area contributed by atoms with Crippen LogP contribution in [-0.2, 0) is 57.0 Å². The molecule has 0 fully saturated rings.